The van der Waals surface area contributed by atoms with Gasteiger partial charge in [-0.1, -0.05) is 42.5 Å². The van der Waals surface area contributed by atoms with Gasteiger partial charge in [0.15, 0.2) is 0 Å². The zero-order valence-corrected chi connectivity index (χ0v) is 10.9. The average Bonchev–Trinajstić information content (AvgIpc) is 2.43. The molecular weight excluding hydrogens is 232 g/mol. The number of fused-ring (bicyclic) bond motifs is 1. The third-order valence-corrected chi connectivity index (χ3v) is 3.32. The molecule has 0 radical (unpaired) electrons. The van der Waals surface area contributed by atoms with E-state index in [2.05, 4.69) is 54.7 Å². The van der Waals surface area contributed by atoms with Gasteiger partial charge in [0, 0.05) is 22.4 Å². The Labute approximate surface area is 112 Å². The van der Waals surface area contributed by atoms with Crippen LogP contribution in [0.25, 0.3) is 10.8 Å². The van der Waals surface area contributed by atoms with Gasteiger partial charge in [0.1, 0.15) is 0 Å². The molecule has 0 fully saturated rings. The van der Waals surface area contributed by atoms with Gasteiger partial charge >= 0.3 is 0 Å². The Balaban J connectivity index is 2.08. The number of hydrogen-bond acceptors (Lipinski definition) is 2. The fraction of sp³-hybridized carbons (Fsp3) is 0.0588. The molecule has 0 unspecified atom stereocenters. The van der Waals surface area contributed by atoms with Crippen molar-refractivity contribution in [1.82, 2.24) is 0 Å². The summed E-state index contributed by atoms with van der Waals surface area (Å²) in [6.45, 7) is 2.08. The summed E-state index contributed by atoms with van der Waals surface area (Å²) < 4.78 is 0. The molecule has 94 valence electrons. The van der Waals surface area contributed by atoms with E-state index in [0.717, 1.165) is 17.1 Å². The predicted octanol–water partition coefficient (Wildman–Crippen LogP) is 4.47. The number of hydrogen-bond donors (Lipinski definition) is 2. The van der Waals surface area contributed by atoms with Crippen molar-refractivity contribution in [2.24, 2.45) is 0 Å². The van der Waals surface area contributed by atoms with Crippen molar-refractivity contribution < 1.29 is 0 Å². The van der Waals surface area contributed by atoms with Crippen molar-refractivity contribution in [3.05, 3.63) is 66.2 Å². The van der Waals surface area contributed by atoms with Crippen molar-refractivity contribution in [2.45, 2.75) is 6.92 Å². The van der Waals surface area contributed by atoms with Crippen molar-refractivity contribution in [3.8, 4) is 0 Å². The highest BCUT2D eigenvalue weighted by molar-refractivity contribution is 5.95. The van der Waals surface area contributed by atoms with E-state index >= 15 is 0 Å². The zero-order valence-electron chi connectivity index (χ0n) is 10.9. The molecule has 0 aliphatic heterocycles. The van der Waals surface area contributed by atoms with Crippen LogP contribution in [0, 0.1) is 6.92 Å². The molecule has 3 aromatic carbocycles. The summed E-state index contributed by atoms with van der Waals surface area (Å²) in [7, 11) is 0. The SMILES string of the molecule is Cc1ccc(N)cc1Nc1cccc2ccccc12. The Morgan fingerprint density at radius 3 is 2.53 bits per heavy atom. The Hall–Kier alpha value is -2.48. The summed E-state index contributed by atoms with van der Waals surface area (Å²) in [5, 5.41) is 5.92. The number of aryl methyl sites for hydroxylation is 1. The predicted molar refractivity (Wildman–Crippen MR) is 82.8 cm³/mol. The van der Waals surface area contributed by atoms with Crippen LogP contribution in [0.5, 0.6) is 0 Å². The largest absolute Gasteiger partial charge is 0.399 e. The maximum Gasteiger partial charge on any atom is 0.0463 e. The van der Waals surface area contributed by atoms with Crippen LogP contribution in [0.2, 0.25) is 0 Å². The maximum absolute atomic E-state index is 5.85. The lowest BCUT2D eigenvalue weighted by molar-refractivity contribution is 1.44. The molecule has 2 heteroatoms. The second-order valence-electron chi connectivity index (χ2n) is 4.73. The standard InChI is InChI=1S/C17H16N2/c1-12-9-10-14(18)11-17(12)19-16-8-4-6-13-5-2-3-7-15(13)16/h2-11,19H,18H2,1H3. The Morgan fingerprint density at radius 2 is 1.63 bits per heavy atom. The van der Waals surface area contributed by atoms with Crippen LogP contribution in [0.1, 0.15) is 5.56 Å². The first kappa shape index (κ1) is 11.6. The molecule has 3 aromatic rings. The normalized spacial score (nSPS) is 10.6. The molecule has 0 aliphatic rings. The first-order chi connectivity index (χ1) is 9.24. The summed E-state index contributed by atoms with van der Waals surface area (Å²) in [5.41, 5.74) is 9.96. The monoisotopic (exact) mass is 248 g/mol. The van der Waals surface area contributed by atoms with E-state index in [9.17, 15) is 0 Å². The maximum atomic E-state index is 5.85. The first-order valence-electron chi connectivity index (χ1n) is 6.35. The van der Waals surface area contributed by atoms with Gasteiger partial charge in [-0.05, 0) is 36.1 Å². The van der Waals surface area contributed by atoms with E-state index in [-0.39, 0.29) is 0 Å². The number of nitrogen functional groups attached to an aromatic ring is 1. The van der Waals surface area contributed by atoms with Gasteiger partial charge in [0.25, 0.3) is 0 Å². The van der Waals surface area contributed by atoms with Crippen molar-refractivity contribution >= 4 is 27.8 Å². The van der Waals surface area contributed by atoms with Crippen LogP contribution >= 0.6 is 0 Å². The van der Waals surface area contributed by atoms with E-state index in [1.54, 1.807) is 0 Å². The van der Waals surface area contributed by atoms with Crippen LogP contribution < -0.4 is 11.1 Å². The number of anilines is 3. The molecular formula is C17H16N2. The summed E-state index contributed by atoms with van der Waals surface area (Å²) in [5.74, 6) is 0. The molecule has 0 aromatic heterocycles. The zero-order chi connectivity index (χ0) is 13.2. The molecule has 0 bridgehead atoms. The molecule has 0 saturated carbocycles. The van der Waals surface area contributed by atoms with Gasteiger partial charge in [-0.25, -0.2) is 0 Å². The fourth-order valence-electron chi connectivity index (χ4n) is 2.25. The lowest BCUT2D eigenvalue weighted by Crippen LogP contribution is -1.95. The van der Waals surface area contributed by atoms with Gasteiger partial charge in [0.05, 0.1) is 0 Å². The molecule has 2 nitrogen and oxygen atoms in total. The quantitative estimate of drug-likeness (QED) is 0.656. The van der Waals surface area contributed by atoms with E-state index < -0.39 is 0 Å². The topological polar surface area (TPSA) is 38.0 Å². The van der Waals surface area contributed by atoms with Gasteiger partial charge in [-0.2, -0.15) is 0 Å². The smallest absolute Gasteiger partial charge is 0.0463 e. The Morgan fingerprint density at radius 1 is 0.842 bits per heavy atom. The van der Waals surface area contributed by atoms with Gasteiger partial charge in [0.2, 0.25) is 0 Å². The number of nitrogens with two attached hydrogens (primary N) is 1. The van der Waals surface area contributed by atoms with Crippen LogP contribution in [0.3, 0.4) is 0 Å². The molecule has 0 saturated heterocycles. The van der Waals surface area contributed by atoms with Crippen LogP contribution in [0.4, 0.5) is 17.1 Å². The molecule has 0 atom stereocenters. The van der Waals surface area contributed by atoms with Crippen molar-refractivity contribution in [1.29, 1.82) is 0 Å². The minimum Gasteiger partial charge on any atom is -0.399 e. The highest BCUT2D eigenvalue weighted by atomic mass is 14.9. The highest BCUT2D eigenvalue weighted by Gasteiger charge is 2.03. The van der Waals surface area contributed by atoms with Crippen LogP contribution in [0.15, 0.2) is 60.7 Å². The van der Waals surface area contributed by atoms with Crippen molar-refractivity contribution in [3.63, 3.8) is 0 Å². The summed E-state index contributed by atoms with van der Waals surface area (Å²) in [4.78, 5) is 0. The van der Waals surface area contributed by atoms with Gasteiger partial charge in [-0.15, -0.1) is 0 Å². The van der Waals surface area contributed by atoms with Crippen LogP contribution in [-0.4, -0.2) is 0 Å². The Kier molecular flexibility index (Phi) is 2.84. The number of nitrogens with one attached hydrogen (secondary N) is 1. The average molecular weight is 248 g/mol. The van der Waals surface area contributed by atoms with Crippen molar-refractivity contribution in [2.75, 3.05) is 11.1 Å². The highest BCUT2D eigenvalue weighted by Crippen LogP contribution is 2.28. The minimum absolute atomic E-state index is 0.772. The molecule has 0 amide bonds. The third-order valence-electron chi connectivity index (χ3n) is 3.32. The van der Waals surface area contributed by atoms with Gasteiger partial charge < -0.3 is 11.1 Å². The lowest BCUT2D eigenvalue weighted by Gasteiger charge is -2.12. The fourth-order valence-corrected chi connectivity index (χ4v) is 2.25. The second-order valence-corrected chi connectivity index (χ2v) is 4.73. The molecule has 0 heterocycles. The Bertz CT molecular complexity index is 727. The molecule has 0 spiro atoms. The number of benzene rings is 3. The van der Waals surface area contributed by atoms with Gasteiger partial charge in [-0.3, -0.25) is 0 Å². The van der Waals surface area contributed by atoms with Crippen LogP contribution in [-0.2, 0) is 0 Å². The van der Waals surface area contributed by atoms with E-state index in [1.807, 2.05) is 18.2 Å². The summed E-state index contributed by atoms with van der Waals surface area (Å²) in [6, 6.07) is 20.5. The second kappa shape index (κ2) is 4.65. The van der Waals surface area contributed by atoms with E-state index in [4.69, 9.17) is 5.73 Å². The molecule has 3 N–H and O–H groups in total. The van der Waals surface area contributed by atoms with E-state index in [0.29, 0.717) is 0 Å². The molecule has 19 heavy (non-hydrogen) atoms. The third kappa shape index (κ3) is 2.25. The molecule has 0 aliphatic carbocycles. The lowest BCUT2D eigenvalue weighted by atomic mass is 10.1. The minimum atomic E-state index is 0.772. The first-order valence-corrected chi connectivity index (χ1v) is 6.35. The summed E-state index contributed by atoms with van der Waals surface area (Å²) in [6.07, 6.45) is 0. The van der Waals surface area contributed by atoms with E-state index in [1.165, 1.54) is 16.3 Å². The number of rotatable bonds is 2. The summed E-state index contributed by atoms with van der Waals surface area (Å²) >= 11 is 0. The molecule has 3 rings (SSSR count).